The van der Waals surface area contributed by atoms with Crippen LogP contribution in [0.2, 0.25) is 0 Å². The van der Waals surface area contributed by atoms with Crippen LogP contribution >= 0.6 is 0 Å². The molecule has 3 fully saturated rings. The predicted molar refractivity (Wildman–Crippen MR) is 111 cm³/mol. The van der Waals surface area contributed by atoms with Gasteiger partial charge in [0.2, 0.25) is 5.91 Å². The van der Waals surface area contributed by atoms with Gasteiger partial charge in [-0.05, 0) is 51.9 Å². The van der Waals surface area contributed by atoms with Gasteiger partial charge in [0.25, 0.3) is 0 Å². The van der Waals surface area contributed by atoms with Crippen LogP contribution in [0, 0.1) is 5.92 Å². The molecule has 0 radical (unpaired) electrons. The van der Waals surface area contributed by atoms with Gasteiger partial charge in [0, 0.05) is 18.5 Å². The second kappa shape index (κ2) is 10.0. The van der Waals surface area contributed by atoms with Gasteiger partial charge in [-0.15, -0.1) is 0 Å². The smallest absolute Gasteiger partial charge is 0.243 e. The van der Waals surface area contributed by atoms with Crippen LogP contribution in [-0.2, 0) is 14.3 Å². The molecule has 6 heteroatoms. The third kappa shape index (κ3) is 6.51. The maximum atomic E-state index is 11.8. The van der Waals surface area contributed by atoms with E-state index in [2.05, 4.69) is 18.3 Å². The summed E-state index contributed by atoms with van der Waals surface area (Å²) in [7, 11) is 0. The summed E-state index contributed by atoms with van der Waals surface area (Å²) in [5.41, 5.74) is 0.821. The summed E-state index contributed by atoms with van der Waals surface area (Å²) < 4.78 is 11.1. The molecule has 6 nitrogen and oxygen atoms in total. The molecule has 0 bridgehead atoms. The van der Waals surface area contributed by atoms with E-state index in [0.29, 0.717) is 19.1 Å². The van der Waals surface area contributed by atoms with Gasteiger partial charge in [0.15, 0.2) is 0 Å². The number of epoxide rings is 1. The van der Waals surface area contributed by atoms with E-state index < -0.39 is 12.2 Å². The number of nitrogens with one attached hydrogen (secondary N) is 1. The van der Waals surface area contributed by atoms with E-state index in [1.165, 1.54) is 17.7 Å². The van der Waals surface area contributed by atoms with Crippen molar-refractivity contribution in [1.29, 1.82) is 0 Å². The molecule has 1 unspecified atom stereocenters. The first kappa shape index (κ1) is 22.2. The Morgan fingerprint density at radius 3 is 2.66 bits per heavy atom. The first-order valence-electron chi connectivity index (χ1n) is 10.8. The highest BCUT2D eigenvalue weighted by molar-refractivity contribution is 5.87. The van der Waals surface area contributed by atoms with Crippen molar-refractivity contribution >= 4 is 5.91 Å². The Kier molecular flexibility index (Phi) is 7.68. The van der Waals surface area contributed by atoms with Crippen LogP contribution in [0.1, 0.15) is 52.4 Å². The Hall–Kier alpha value is -1.47. The van der Waals surface area contributed by atoms with Crippen LogP contribution < -0.4 is 5.32 Å². The number of rotatable bonds is 7. The van der Waals surface area contributed by atoms with E-state index in [1.54, 1.807) is 6.92 Å². The van der Waals surface area contributed by atoms with Crippen LogP contribution in [0.15, 0.2) is 36.0 Å². The Bertz CT molecular complexity index is 642. The van der Waals surface area contributed by atoms with Crippen molar-refractivity contribution in [3.63, 3.8) is 0 Å². The van der Waals surface area contributed by atoms with Gasteiger partial charge in [-0.25, -0.2) is 0 Å². The summed E-state index contributed by atoms with van der Waals surface area (Å²) in [5.74, 6) is 0.514. The highest BCUT2D eigenvalue weighted by atomic mass is 16.6. The zero-order chi connectivity index (χ0) is 20.9. The van der Waals surface area contributed by atoms with E-state index >= 15 is 0 Å². The van der Waals surface area contributed by atoms with E-state index in [-0.39, 0.29) is 23.7 Å². The van der Waals surface area contributed by atoms with Gasteiger partial charge in [-0.3, -0.25) is 4.79 Å². The summed E-state index contributed by atoms with van der Waals surface area (Å²) in [5, 5.41) is 22.6. The van der Waals surface area contributed by atoms with Gasteiger partial charge >= 0.3 is 0 Å². The average Bonchev–Trinajstić information content (AvgIpc) is 3.47. The number of aliphatic hydroxyl groups excluding tert-OH is 2. The second-order valence-corrected chi connectivity index (χ2v) is 8.75. The fourth-order valence-corrected chi connectivity index (χ4v) is 4.16. The maximum Gasteiger partial charge on any atom is 0.243 e. The predicted octanol–water partition coefficient (Wildman–Crippen LogP) is 2.41. The lowest BCUT2D eigenvalue weighted by atomic mass is 9.83. The summed E-state index contributed by atoms with van der Waals surface area (Å²) in [4.78, 5) is 11.8. The van der Waals surface area contributed by atoms with Gasteiger partial charge < -0.3 is 25.0 Å². The van der Waals surface area contributed by atoms with Crippen LogP contribution in [0.4, 0.5) is 0 Å². The lowest BCUT2D eigenvalue weighted by Gasteiger charge is -2.31. The highest BCUT2D eigenvalue weighted by Crippen LogP contribution is 2.40. The molecule has 162 valence electrons. The molecule has 2 aliphatic heterocycles. The van der Waals surface area contributed by atoms with Gasteiger partial charge in [0.05, 0.1) is 19.3 Å². The standard InChI is InChI=1S/C23H35NO5/c1-16(4-11-20-22(27)23(15-29-23)13-14-28-20)3-6-18-7-9-19(10-8-18)24-21(26)12-5-17(2)25/h3-5,11-12,17-20,22,25,27H,6-10,13-15H2,1-2H3,(H,24,26)/b11-4+,12-5-,16-3+/t17?,18?,19?,20-,22-,23-/m1/s1. The number of ether oxygens (including phenoxy) is 2. The Labute approximate surface area is 173 Å². The molecule has 4 atom stereocenters. The number of aliphatic hydroxyl groups is 2. The van der Waals surface area contributed by atoms with Crippen molar-refractivity contribution in [1.82, 2.24) is 5.32 Å². The quantitative estimate of drug-likeness (QED) is 0.344. The lowest BCUT2D eigenvalue weighted by molar-refractivity contribution is -0.117. The van der Waals surface area contributed by atoms with Crippen LogP contribution in [0.5, 0.6) is 0 Å². The minimum Gasteiger partial charge on any atom is -0.389 e. The molecule has 3 N–H and O–H groups in total. The molecule has 0 aromatic heterocycles. The molecule has 1 aliphatic carbocycles. The minimum atomic E-state index is -0.600. The molecule has 0 aromatic rings. The van der Waals surface area contributed by atoms with Crippen molar-refractivity contribution in [3.8, 4) is 0 Å². The first-order chi connectivity index (χ1) is 13.9. The summed E-state index contributed by atoms with van der Waals surface area (Å²) in [6.45, 7) is 4.97. The molecule has 3 rings (SSSR count). The lowest BCUT2D eigenvalue weighted by Crippen LogP contribution is -2.46. The topological polar surface area (TPSA) is 91.3 Å². The molecule has 29 heavy (non-hydrogen) atoms. The fourth-order valence-electron chi connectivity index (χ4n) is 4.16. The third-order valence-electron chi connectivity index (χ3n) is 6.24. The first-order valence-corrected chi connectivity index (χ1v) is 10.8. The summed E-state index contributed by atoms with van der Waals surface area (Å²) >= 11 is 0. The molecule has 3 aliphatic rings. The van der Waals surface area contributed by atoms with E-state index in [9.17, 15) is 15.0 Å². The van der Waals surface area contributed by atoms with Crippen molar-refractivity contribution in [3.05, 3.63) is 36.0 Å². The molecule has 2 heterocycles. The zero-order valence-corrected chi connectivity index (χ0v) is 17.5. The molecular weight excluding hydrogens is 370 g/mol. The van der Waals surface area contributed by atoms with Gasteiger partial charge in [0.1, 0.15) is 17.8 Å². The number of allylic oxidation sites excluding steroid dienone is 3. The Balaban J connectivity index is 1.38. The molecule has 0 aromatic carbocycles. The number of carbonyl (C=O) groups excluding carboxylic acids is 1. The number of carbonyl (C=O) groups is 1. The number of amides is 1. The van der Waals surface area contributed by atoms with E-state index in [4.69, 9.17) is 9.47 Å². The van der Waals surface area contributed by atoms with Crippen LogP contribution in [0.3, 0.4) is 0 Å². The minimum absolute atomic E-state index is 0.124. The highest BCUT2D eigenvalue weighted by Gasteiger charge is 2.55. The van der Waals surface area contributed by atoms with Crippen molar-refractivity contribution in [2.75, 3.05) is 13.2 Å². The van der Waals surface area contributed by atoms with Crippen molar-refractivity contribution < 1.29 is 24.5 Å². The number of hydrogen-bond acceptors (Lipinski definition) is 5. The Morgan fingerprint density at radius 1 is 1.28 bits per heavy atom. The summed E-state index contributed by atoms with van der Waals surface area (Å²) in [6, 6.07) is 0.226. The number of hydrogen-bond donors (Lipinski definition) is 3. The van der Waals surface area contributed by atoms with Crippen molar-refractivity contribution in [2.24, 2.45) is 5.92 Å². The fraction of sp³-hybridized carbons (Fsp3) is 0.696. The molecule has 1 saturated carbocycles. The maximum absolute atomic E-state index is 11.8. The van der Waals surface area contributed by atoms with Crippen molar-refractivity contribution in [2.45, 2.75) is 82.3 Å². The average molecular weight is 406 g/mol. The van der Waals surface area contributed by atoms with Gasteiger partial charge in [-0.2, -0.15) is 0 Å². The molecular formula is C23H35NO5. The SMILES string of the molecule is CC(/C=C/[C@H]1OCC[C@@]2(CO2)[C@@H]1O)=C\CC1CCC(NC(=O)/C=C\C(C)O)CC1. The molecule has 1 spiro atoms. The van der Waals surface area contributed by atoms with E-state index in [1.807, 2.05) is 12.2 Å². The molecule has 1 amide bonds. The summed E-state index contributed by atoms with van der Waals surface area (Å²) in [6.07, 6.45) is 13.7. The van der Waals surface area contributed by atoms with Gasteiger partial charge in [-0.1, -0.05) is 29.9 Å². The Morgan fingerprint density at radius 2 is 2.00 bits per heavy atom. The third-order valence-corrected chi connectivity index (χ3v) is 6.24. The normalized spacial score (nSPS) is 36.6. The zero-order valence-electron chi connectivity index (χ0n) is 17.5. The largest absolute Gasteiger partial charge is 0.389 e. The van der Waals surface area contributed by atoms with E-state index in [0.717, 1.165) is 38.5 Å². The second-order valence-electron chi connectivity index (χ2n) is 8.75. The van der Waals surface area contributed by atoms with Crippen LogP contribution in [-0.4, -0.2) is 59.3 Å². The molecule has 2 saturated heterocycles. The van der Waals surface area contributed by atoms with Crippen LogP contribution in [0.25, 0.3) is 0 Å². The monoisotopic (exact) mass is 405 g/mol.